The third kappa shape index (κ3) is 3.82. The van der Waals surface area contributed by atoms with Gasteiger partial charge in [-0.3, -0.25) is 4.79 Å². The van der Waals surface area contributed by atoms with Crippen LogP contribution in [0.4, 0.5) is 0 Å². The summed E-state index contributed by atoms with van der Waals surface area (Å²) >= 11 is 1.79. The molecule has 1 aromatic heterocycles. The van der Waals surface area contributed by atoms with Gasteiger partial charge in [-0.25, -0.2) is 0 Å². The van der Waals surface area contributed by atoms with Gasteiger partial charge in [0.2, 0.25) is 5.91 Å². The minimum Gasteiger partial charge on any atom is -0.356 e. The summed E-state index contributed by atoms with van der Waals surface area (Å²) in [7, 11) is 0. The Hall–Kier alpha value is -0.870. The van der Waals surface area contributed by atoms with E-state index in [0.717, 1.165) is 32.5 Å². The van der Waals surface area contributed by atoms with E-state index >= 15 is 0 Å². The minimum atomic E-state index is 0.184. The number of amides is 1. The molecule has 4 heteroatoms. The quantitative estimate of drug-likeness (QED) is 0.836. The third-order valence-corrected chi connectivity index (χ3v) is 4.08. The highest BCUT2D eigenvalue weighted by atomic mass is 32.1. The number of carbonyl (C=O) groups excluding carboxylic acids is 1. The lowest BCUT2D eigenvalue weighted by Crippen LogP contribution is -2.35. The van der Waals surface area contributed by atoms with E-state index in [0.29, 0.717) is 5.92 Å². The molecule has 2 rings (SSSR count). The third-order valence-electron chi connectivity index (χ3n) is 3.19. The SMILES string of the molecule is CC(CNC(=O)C1CCNC1)Cc1cccs1. The summed E-state index contributed by atoms with van der Waals surface area (Å²) in [5.74, 6) is 0.906. The summed E-state index contributed by atoms with van der Waals surface area (Å²) in [4.78, 5) is 13.2. The number of thiophene rings is 1. The number of nitrogens with one attached hydrogen (secondary N) is 2. The summed E-state index contributed by atoms with van der Waals surface area (Å²) in [6, 6.07) is 4.24. The Morgan fingerprint density at radius 2 is 2.59 bits per heavy atom. The zero-order valence-corrected chi connectivity index (χ0v) is 11.1. The molecule has 2 heterocycles. The van der Waals surface area contributed by atoms with E-state index in [-0.39, 0.29) is 11.8 Å². The first-order valence-electron chi connectivity index (χ1n) is 6.26. The van der Waals surface area contributed by atoms with Gasteiger partial charge in [-0.2, -0.15) is 0 Å². The van der Waals surface area contributed by atoms with E-state index in [4.69, 9.17) is 0 Å². The molecule has 1 aliphatic rings. The van der Waals surface area contributed by atoms with Crippen LogP contribution in [0.1, 0.15) is 18.2 Å². The number of hydrogen-bond acceptors (Lipinski definition) is 3. The largest absolute Gasteiger partial charge is 0.356 e. The van der Waals surface area contributed by atoms with Gasteiger partial charge in [0, 0.05) is 18.0 Å². The molecule has 2 N–H and O–H groups in total. The van der Waals surface area contributed by atoms with Crippen molar-refractivity contribution in [1.29, 1.82) is 0 Å². The molecule has 0 spiro atoms. The van der Waals surface area contributed by atoms with Gasteiger partial charge >= 0.3 is 0 Å². The van der Waals surface area contributed by atoms with Gasteiger partial charge < -0.3 is 10.6 Å². The Kier molecular flexibility index (Phi) is 4.57. The van der Waals surface area contributed by atoms with Gasteiger partial charge in [0.25, 0.3) is 0 Å². The molecule has 0 aromatic carbocycles. The Bertz CT molecular complexity index is 344. The molecule has 0 aliphatic carbocycles. The zero-order chi connectivity index (χ0) is 12.1. The van der Waals surface area contributed by atoms with Crippen LogP contribution >= 0.6 is 11.3 Å². The average Bonchev–Trinajstić information content (AvgIpc) is 2.97. The van der Waals surface area contributed by atoms with Crippen LogP contribution in [0.15, 0.2) is 17.5 Å². The van der Waals surface area contributed by atoms with E-state index in [9.17, 15) is 4.79 Å². The second-order valence-electron chi connectivity index (χ2n) is 4.82. The summed E-state index contributed by atoms with van der Waals surface area (Å²) < 4.78 is 0. The van der Waals surface area contributed by atoms with Gasteiger partial charge in [0.15, 0.2) is 0 Å². The molecule has 1 saturated heterocycles. The van der Waals surface area contributed by atoms with Crippen LogP contribution in [0.2, 0.25) is 0 Å². The highest BCUT2D eigenvalue weighted by Gasteiger charge is 2.22. The highest BCUT2D eigenvalue weighted by Crippen LogP contribution is 2.14. The van der Waals surface area contributed by atoms with Crippen LogP contribution in [0.3, 0.4) is 0 Å². The molecule has 17 heavy (non-hydrogen) atoms. The molecule has 1 aliphatic heterocycles. The maximum Gasteiger partial charge on any atom is 0.224 e. The lowest BCUT2D eigenvalue weighted by atomic mass is 10.1. The van der Waals surface area contributed by atoms with E-state index in [1.165, 1.54) is 4.88 Å². The molecule has 2 unspecified atom stereocenters. The van der Waals surface area contributed by atoms with Gasteiger partial charge in [-0.1, -0.05) is 13.0 Å². The van der Waals surface area contributed by atoms with E-state index in [1.54, 1.807) is 11.3 Å². The van der Waals surface area contributed by atoms with Crippen molar-refractivity contribution in [1.82, 2.24) is 10.6 Å². The molecular formula is C13H20N2OS. The van der Waals surface area contributed by atoms with Gasteiger partial charge in [-0.15, -0.1) is 11.3 Å². The topological polar surface area (TPSA) is 41.1 Å². The highest BCUT2D eigenvalue weighted by molar-refractivity contribution is 7.09. The monoisotopic (exact) mass is 252 g/mol. The second kappa shape index (κ2) is 6.17. The van der Waals surface area contributed by atoms with E-state index in [2.05, 4.69) is 35.1 Å². The maximum atomic E-state index is 11.8. The predicted octanol–water partition coefficient (Wildman–Crippen LogP) is 1.65. The van der Waals surface area contributed by atoms with Crippen LogP contribution in [0, 0.1) is 11.8 Å². The van der Waals surface area contributed by atoms with Crippen molar-refractivity contribution in [3.05, 3.63) is 22.4 Å². The standard InChI is InChI=1S/C13H20N2OS/c1-10(7-12-3-2-6-17-12)8-15-13(16)11-4-5-14-9-11/h2-3,6,10-11,14H,4-5,7-9H2,1H3,(H,15,16). The zero-order valence-electron chi connectivity index (χ0n) is 10.2. The van der Waals surface area contributed by atoms with Gasteiger partial charge in [0.05, 0.1) is 5.92 Å². The predicted molar refractivity (Wildman–Crippen MR) is 71.2 cm³/mol. The second-order valence-corrected chi connectivity index (χ2v) is 5.86. The van der Waals surface area contributed by atoms with E-state index in [1.807, 2.05) is 0 Å². The van der Waals surface area contributed by atoms with Gasteiger partial charge in [0.1, 0.15) is 0 Å². The molecule has 2 atom stereocenters. The maximum absolute atomic E-state index is 11.8. The van der Waals surface area contributed by atoms with Crippen molar-refractivity contribution in [2.45, 2.75) is 19.8 Å². The van der Waals surface area contributed by atoms with Crippen molar-refractivity contribution in [2.24, 2.45) is 11.8 Å². The first-order chi connectivity index (χ1) is 8.25. The summed E-state index contributed by atoms with van der Waals surface area (Å²) in [6.45, 7) is 4.79. The fourth-order valence-electron chi connectivity index (χ4n) is 2.14. The first kappa shape index (κ1) is 12.6. The van der Waals surface area contributed by atoms with Crippen LogP contribution in [0.5, 0.6) is 0 Å². The fraction of sp³-hybridized carbons (Fsp3) is 0.615. The van der Waals surface area contributed by atoms with Crippen LogP contribution in [-0.2, 0) is 11.2 Å². The molecule has 1 aromatic rings. The van der Waals surface area contributed by atoms with Crippen LogP contribution < -0.4 is 10.6 Å². The molecule has 3 nitrogen and oxygen atoms in total. The minimum absolute atomic E-state index is 0.184. The Labute approximate surface area is 107 Å². The molecule has 0 radical (unpaired) electrons. The number of carbonyl (C=O) groups is 1. The molecule has 0 bridgehead atoms. The lowest BCUT2D eigenvalue weighted by molar-refractivity contribution is -0.124. The van der Waals surface area contributed by atoms with Crippen LogP contribution in [0.25, 0.3) is 0 Å². The van der Waals surface area contributed by atoms with Crippen molar-refractivity contribution in [3.63, 3.8) is 0 Å². The number of hydrogen-bond donors (Lipinski definition) is 2. The lowest BCUT2D eigenvalue weighted by Gasteiger charge is -2.14. The van der Waals surface area contributed by atoms with Crippen molar-refractivity contribution in [2.75, 3.05) is 19.6 Å². The van der Waals surface area contributed by atoms with Crippen molar-refractivity contribution >= 4 is 17.2 Å². The molecule has 1 amide bonds. The normalized spacial score (nSPS) is 21.4. The smallest absolute Gasteiger partial charge is 0.224 e. The molecular weight excluding hydrogens is 232 g/mol. The fourth-order valence-corrected chi connectivity index (χ4v) is 3.01. The Morgan fingerprint density at radius 1 is 1.71 bits per heavy atom. The van der Waals surface area contributed by atoms with Crippen LogP contribution in [-0.4, -0.2) is 25.5 Å². The first-order valence-corrected chi connectivity index (χ1v) is 7.14. The molecule has 94 valence electrons. The van der Waals surface area contributed by atoms with Crippen molar-refractivity contribution in [3.8, 4) is 0 Å². The average molecular weight is 252 g/mol. The summed E-state index contributed by atoms with van der Waals surface area (Å²) in [5, 5.41) is 8.38. The van der Waals surface area contributed by atoms with Gasteiger partial charge in [-0.05, 0) is 36.8 Å². The Morgan fingerprint density at radius 3 is 3.24 bits per heavy atom. The molecule has 1 fully saturated rings. The summed E-state index contributed by atoms with van der Waals surface area (Å²) in [5.41, 5.74) is 0. The van der Waals surface area contributed by atoms with Crippen molar-refractivity contribution < 1.29 is 4.79 Å². The number of rotatable bonds is 5. The molecule has 0 saturated carbocycles. The Balaban J connectivity index is 1.68. The van der Waals surface area contributed by atoms with E-state index < -0.39 is 0 Å². The summed E-state index contributed by atoms with van der Waals surface area (Å²) in [6.07, 6.45) is 2.03.